The predicted octanol–water partition coefficient (Wildman–Crippen LogP) is 5.75. The number of rotatable bonds is 5. The van der Waals surface area contributed by atoms with Gasteiger partial charge in [0, 0.05) is 0 Å². The lowest BCUT2D eigenvalue weighted by atomic mass is 9.90. The van der Waals surface area contributed by atoms with Crippen molar-refractivity contribution in [3.8, 4) is 0 Å². The van der Waals surface area contributed by atoms with E-state index in [0.29, 0.717) is 10.8 Å². The Balaban J connectivity index is 3.57. The van der Waals surface area contributed by atoms with Crippen molar-refractivity contribution < 1.29 is 0 Å². The molecule has 0 aromatic carbocycles. The Morgan fingerprint density at radius 1 is 0.625 bits per heavy atom. The minimum atomic E-state index is 0.459. The lowest BCUT2D eigenvalue weighted by Gasteiger charge is -2.16. The molecule has 0 radical (unpaired) electrons. The Hall–Kier alpha value is -0.520. The van der Waals surface area contributed by atoms with Crippen LogP contribution >= 0.6 is 0 Å². The van der Waals surface area contributed by atoms with Crippen LogP contribution in [0, 0.1) is 10.8 Å². The fourth-order valence-corrected chi connectivity index (χ4v) is 1.38. The van der Waals surface area contributed by atoms with E-state index >= 15 is 0 Å². The molecule has 0 saturated carbocycles. The maximum absolute atomic E-state index is 2.29. The van der Waals surface area contributed by atoms with Crippen molar-refractivity contribution in [3.63, 3.8) is 0 Å². The van der Waals surface area contributed by atoms with Crippen LogP contribution in [0.1, 0.15) is 67.2 Å². The summed E-state index contributed by atoms with van der Waals surface area (Å²) in [5.41, 5.74) is 0.917. The van der Waals surface area contributed by atoms with E-state index in [1.54, 1.807) is 0 Å². The molecule has 0 atom stereocenters. The van der Waals surface area contributed by atoms with Crippen molar-refractivity contribution in [3.05, 3.63) is 24.3 Å². The summed E-state index contributed by atoms with van der Waals surface area (Å²) in [7, 11) is 0. The molecule has 0 heteroatoms. The van der Waals surface area contributed by atoms with Gasteiger partial charge in [-0.2, -0.15) is 0 Å². The molecule has 0 fully saturated rings. The summed E-state index contributed by atoms with van der Waals surface area (Å²) in [6.45, 7) is 13.8. The average Bonchev–Trinajstić information content (AvgIpc) is 2.06. The Kier molecular flexibility index (Phi) is 6.71. The van der Waals surface area contributed by atoms with Crippen LogP contribution in [0.25, 0.3) is 0 Å². The molecule has 16 heavy (non-hydrogen) atoms. The Morgan fingerprint density at radius 3 is 1.19 bits per heavy atom. The molecule has 0 aliphatic heterocycles. The largest absolute Gasteiger partial charge is 0.0845 e. The molecular formula is C16H30. The monoisotopic (exact) mass is 222 g/mol. The van der Waals surface area contributed by atoms with E-state index < -0.39 is 0 Å². The molecule has 0 aromatic heterocycles. The number of allylic oxidation sites excluding steroid dienone is 4. The highest BCUT2D eigenvalue weighted by Crippen LogP contribution is 2.21. The molecule has 0 unspecified atom stereocenters. The molecule has 0 N–H and O–H groups in total. The standard InChI is InChI=1S/C16H30/c1-15(2,3)13-11-9-7-8-10-12-14-16(4,5)6/h7-10H,11-14H2,1-6H3/b9-7+,10-8+. The molecule has 0 aliphatic rings. The summed E-state index contributed by atoms with van der Waals surface area (Å²) in [4.78, 5) is 0. The van der Waals surface area contributed by atoms with Gasteiger partial charge in [-0.15, -0.1) is 0 Å². The van der Waals surface area contributed by atoms with Crippen LogP contribution in [0.15, 0.2) is 24.3 Å². The van der Waals surface area contributed by atoms with Gasteiger partial charge in [0.05, 0.1) is 0 Å². The zero-order chi connectivity index (χ0) is 12.7. The van der Waals surface area contributed by atoms with Gasteiger partial charge in [-0.05, 0) is 36.5 Å². The smallest absolute Gasteiger partial charge is 0.0343 e. The van der Waals surface area contributed by atoms with Crippen molar-refractivity contribution in [1.29, 1.82) is 0 Å². The topological polar surface area (TPSA) is 0 Å². The van der Waals surface area contributed by atoms with E-state index in [9.17, 15) is 0 Å². The molecule has 94 valence electrons. The zero-order valence-corrected chi connectivity index (χ0v) is 12.1. The second-order valence-corrected chi connectivity index (χ2v) is 7.05. The maximum Gasteiger partial charge on any atom is -0.0343 e. The van der Waals surface area contributed by atoms with Gasteiger partial charge in [-0.1, -0.05) is 65.8 Å². The number of hydrogen-bond donors (Lipinski definition) is 0. The summed E-state index contributed by atoms with van der Waals surface area (Å²) < 4.78 is 0. The van der Waals surface area contributed by atoms with Gasteiger partial charge in [0.25, 0.3) is 0 Å². The van der Waals surface area contributed by atoms with Crippen LogP contribution in [-0.2, 0) is 0 Å². The second kappa shape index (κ2) is 6.93. The fraction of sp³-hybridized carbons (Fsp3) is 0.750. The molecule has 0 spiro atoms. The summed E-state index contributed by atoms with van der Waals surface area (Å²) in [5, 5.41) is 0. The quantitative estimate of drug-likeness (QED) is 0.519. The SMILES string of the molecule is CC(C)(C)CC/C=C/C=C/CCC(C)(C)C. The Labute approximate surface area is 103 Å². The van der Waals surface area contributed by atoms with Gasteiger partial charge in [0.15, 0.2) is 0 Å². The summed E-state index contributed by atoms with van der Waals surface area (Å²) in [5.74, 6) is 0. The third kappa shape index (κ3) is 13.5. The van der Waals surface area contributed by atoms with Crippen LogP contribution in [0.4, 0.5) is 0 Å². The van der Waals surface area contributed by atoms with E-state index in [4.69, 9.17) is 0 Å². The summed E-state index contributed by atoms with van der Waals surface area (Å²) in [6, 6.07) is 0. The maximum atomic E-state index is 2.29. The molecule has 0 aromatic rings. The molecule has 0 aliphatic carbocycles. The van der Waals surface area contributed by atoms with Gasteiger partial charge >= 0.3 is 0 Å². The first-order chi connectivity index (χ1) is 7.21. The summed E-state index contributed by atoms with van der Waals surface area (Å²) >= 11 is 0. The highest BCUT2D eigenvalue weighted by Gasteiger charge is 2.07. The highest BCUT2D eigenvalue weighted by atomic mass is 14.1. The third-order valence-electron chi connectivity index (χ3n) is 2.51. The van der Waals surface area contributed by atoms with Gasteiger partial charge in [-0.3, -0.25) is 0 Å². The average molecular weight is 222 g/mol. The molecular weight excluding hydrogens is 192 g/mol. The van der Waals surface area contributed by atoms with Crippen LogP contribution < -0.4 is 0 Å². The predicted molar refractivity (Wildman–Crippen MR) is 75.7 cm³/mol. The Bertz CT molecular complexity index is 191. The first kappa shape index (κ1) is 15.5. The van der Waals surface area contributed by atoms with Crippen LogP contribution in [0.2, 0.25) is 0 Å². The van der Waals surface area contributed by atoms with Gasteiger partial charge in [-0.25, -0.2) is 0 Å². The fourth-order valence-electron chi connectivity index (χ4n) is 1.38. The van der Waals surface area contributed by atoms with Crippen LogP contribution in [0.5, 0.6) is 0 Å². The van der Waals surface area contributed by atoms with E-state index in [1.165, 1.54) is 25.7 Å². The highest BCUT2D eigenvalue weighted by molar-refractivity contribution is 5.02. The summed E-state index contributed by atoms with van der Waals surface area (Å²) in [6.07, 6.45) is 13.8. The number of hydrogen-bond acceptors (Lipinski definition) is 0. The van der Waals surface area contributed by atoms with Crippen molar-refractivity contribution in [2.24, 2.45) is 10.8 Å². The van der Waals surface area contributed by atoms with E-state index in [-0.39, 0.29) is 0 Å². The second-order valence-electron chi connectivity index (χ2n) is 7.05. The van der Waals surface area contributed by atoms with E-state index in [2.05, 4.69) is 65.8 Å². The molecule has 0 heterocycles. The lowest BCUT2D eigenvalue weighted by molar-refractivity contribution is 0.381. The van der Waals surface area contributed by atoms with Crippen molar-refractivity contribution in [2.75, 3.05) is 0 Å². The minimum Gasteiger partial charge on any atom is -0.0845 e. The lowest BCUT2D eigenvalue weighted by Crippen LogP contribution is -2.03. The van der Waals surface area contributed by atoms with Gasteiger partial charge < -0.3 is 0 Å². The van der Waals surface area contributed by atoms with Gasteiger partial charge in [0.1, 0.15) is 0 Å². The van der Waals surface area contributed by atoms with Crippen molar-refractivity contribution in [1.82, 2.24) is 0 Å². The minimum absolute atomic E-state index is 0.459. The third-order valence-corrected chi connectivity index (χ3v) is 2.51. The molecule has 0 saturated heterocycles. The molecule has 0 bridgehead atoms. The van der Waals surface area contributed by atoms with Gasteiger partial charge in [0.2, 0.25) is 0 Å². The Morgan fingerprint density at radius 2 is 0.938 bits per heavy atom. The molecule has 0 amide bonds. The van der Waals surface area contributed by atoms with Crippen molar-refractivity contribution in [2.45, 2.75) is 67.2 Å². The molecule has 0 rings (SSSR count). The normalized spacial score (nSPS) is 14.1. The first-order valence-corrected chi connectivity index (χ1v) is 6.52. The van der Waals surface area contributed by atoms with E-state index in [0.717, 1.165) is 0 Å². The molecule has 0 nitrogen and oxygen atoms in total. The first-order valence-electron chi connectivity index (χ1n) is 6.52. The van der Waals surface area contributed by atoms with Crippen LogP contribution in [-0.4, -0.2) is 0 Å². The van der Waals surface area contributed by atoms with E-state index in [1.807, 2.05) is 0 Å². The van der Waals surface area contributed by atoms with Crippen molar-refractivity contribution >= 4 is 0 Å². The van der Waals surface area contributed by atoms with Crippen LogP contribution in [0.3, 0.4) is 0 Å². The zero-order valence-electron chi connectivity index (χ0n) is 12.1.